The smallest absolute Gasteiger partial charge is 0.422 e. The Balaban J connectivity index is 1.60. The Morgan fingerprint density at radius 3 is 2.60 bits per heavy atom. The molecule has 9 heteroatoms. The molecular formula is C21H20ClF3N2O3. The quantitative estimate of drug-likeness (QED) is 0.728. The van der Waals surface area contributed by atoms with Crippen LogP contribution in [0.25, 0.3) is 0 Å². The van der Waals surface area contributed by atoms with Crippen LogP contribution in [-0.4, -0.2) is 42.6 Å². The molecule has 1 unspecified atom stereocenters. The number of likely N-dealkylation sites (tertiary alicyclic amines) is 1. The fourth-order valence-corrected chi connectivity index (χ4v) is 3.35. The molecule has 160 valence electrons. The minimum atomic E-state index is -4.44. The summed E-state index contributed by atoms with van der Waals surface area (Å²) < 4.78 is 41.6. The first-order valence-electron chi connectivity index (χ1n) is 9.36. The van der Waals surface area contributed by atoms with Gasteiger partial charge in [0.15, 0.2) is 6.61 Å². The number of hydrogen-bond donors (Lipinski definition) is 1. The summed E-state index contributed by atoms with van der Waals surface area (Å²) in [6.07, 6.45) is -3.16. The molecule has 1 N–H and O–H groups in total. The Bertz CT molecular complexity index is 903. The van der Waals surface area contributed by atoms with Gasteiger partial charge in [0.1, 0.15) is 5.75 Å². The van der Waals surface area contributed by atoms with E-state index in [1.165, 1.54) is 18.2 Å². The zero-order valence-corrected chi connectivity index (χ0v) is 16.7. The van der Waals surface area contributed by atoms with E-state index in [1.807, 2.05) is 0 Å². The van der Waals surface area contributed by atoms with Gasteiger partial charge in [0.2, 0.25) is 5.91 Å². The summed E-state index contributed by atoms with van der Waals surface area (Å²) in [5, 5.41) is 3.23. The minimum Gasteiger partial charge on any atom is -0.484 e. The number of amides is 2. The molecule has 0 saturated carbocycles. The van der Waals surface area contributed by atoms with Crippen LogP contribution in [0.4, 0.5) is 18.9 Å². The van der Waals surface area contributed by atoms with E-state index in [1.54, 1.807) is 35.2 Å². The molecule has 1 heterocycles. The van der Waals surface area contributed by atoms with Gasteiger partial charge in [-0.1, -0.05) is 17.7 Å². The predicted molar refractivity (Wildman–Crippen MR) is 107 cm³/mol. The second kappa shape index (κ2) is 9.38. The van der Waals surface area contributed by atoms with Crippen LogP contribution in [0.2, 0.25) is 5.02 Å². The van der Waals surface area contributed by atoms with Gasteiger partial charge < -0.3 is 15.0 Å². The highest BCUT2D eigenvalue weighted by Crippen LogP contribution is 2.24. The molecule has 1 fully saturated rings. The number of nitrogens with one attached hydrogen (secondary N) is 1. The fourth-order valence-electron chi connectivity index (χ4n) is 3.22. The molecule has 30 heavy (non-hydrogen) atoms. The summed E-state index contributed by atoms with van der Waals surface area (Å²) >= 11 is 5.85. The number of carbonyl (C=O) groups is 2. The van der Waals surface area contributed by atoms with Crippen LogP contribution in [0.1, 0.15) is 23.2 Å². The van der Waals surface area contributed by atoms with Gasteiger partial charge in [0, 0.05) is 35.4 Å². The molecule has 2 amide bonds. The molecule has 5 nitrogen and oxygen atoms in total. The van der Waals surface area contributed by atoms with Crippen molar-refractivity contribution in [2.45, 2.75) is 19.0 Å². The van der Waals surface area contributed by atoms with E-state index in [2.05, 4.69) is 5.32 Å². The van der Waals surface area contributed by atoms with Crippen molar-refractivity contribution in [1.82, 2.24) is 4.90 Å². The number of hydrogen-bond acceptors (Lipinski definition) is 3. The molecule has 1 aliphatic rings. The summed E-state index contributed by atoms with van der Waals surface area (Å²) in [6.45, 7) is -0.599. The molecule has 1 saturated heterocycles. The molecule has 2 aromatic carbocycles. The molecule has 0 aliphatic carbocycles. The lowest BCUT2D eigenvalue weighted by Gasteiger charge is -2.32. The number of alkyl halides is 3. The number of ether oxygens (including phenoxy) is 1. The van der Waals surface area contributed by atoms with Crippen LogP contribution < -0.4 is 10.1 Å². The predicted octanol–water partition coefficient (Wildman–Crippen LogP) is 4.77. The van der Waals surface area contributed by atoms with E-state index in [4.69, 9.17) is 16.3 Å². The molecule has 0 spiro atoms. The fraction of sp³-hybridized carbons (Fsp3) is 0.333. The Morgan fingerprint density at radius 1 is 1.17 bits per heavy atom. The Kier molecular flexibility index (Phi) is 6.87. The van der Waals surface area contributed by atoms with E-state index >= 15 is 0 Å². The van der Waals surface area contributed by atoms with Gasteiger partial charge in [-0.15, -0.1) is 0 Å². The van der Waals surface area contributed by atoms with Gasteiger partial charge in [-0.2, -0.15) is 13.2 Å². The minimum absolute atomic E-state index is 0.00770. The summed E-state index contributed by atoms with van der Waals surface area (Å²) in [6, 6.07) is 12.3. The molecule has 3 rings (SSSR count). The number of anilines is 1. The van der Waals surface area contributed by atoms with Crippen LogP contribution >= 0.6 is 11.6 Å². The molecule has 0 aromatic heterocycles. The van der Waals surface area contributed by atoms with Crippen molar-refractivity contribution in [2.24, 2.45) is 5.92 Å². The average Bonchev–Trinajstić information content (AvgIpc) is 2.72. The normalized spacial score (nSPS) is 16.8. The summed E-state index contributed by atoms with van der Waals surface area (Å²) in [4.78, 5) is 27.0. The third-order valence-corrected chi connectivity index (χ3v) is 4.93. The maximum absolute atomic E-state index is 12.7. The molecule has 1 atom stereocenters. The first kappa shape index (κ1) is 22.0. The molecule has 1 aliphatic heterocycles. The number of halogens is 4. The Labute approximate surface area is 176 Å². The monoisotopic (exact) mass is 440 g/mol. The first-order valence-corrected chi connectivity index (χ1v) is 9.74. The number of nitrogens with zero attached hydrogens (tertiary/aromatic N) is 1. The average molecular weight is 441 g/mol. The lowest BCUT2D eigenvalue weighted by atomic mass is 9.96. The maximum atomic E-state index is 12.7. The van der Waals surface area contributed by atoms with Crippen LogP contribution in [-0.2, 0) is 4.79 Å². The van der Waals surface area contributed by atoms with Crippen molar-refractivity contribution in [3.63, 3.8) is 0 Å². The zero-order valence-electron chi connectivity index (χ0n) is 15.9. The molecule has 2 aromatic rings. The van der Waals surface area contributed by atoms with Crippen LogP contribution in [0, 0.1) is 5.92 Å². The van der Waals surface area contributed by atoms with Gasteiger partial charge in [-0.05, 0) is 49.2 Å². The highest BCUT2D eigenvalue weighted by atomic mass is 35.5. The van der Waals surface area contributed by atoms with Crippen LogP contribution in [0.3, 0.4) is 0 Å². The van der Waals surface area contributed by atoms with Crippen LogP contribution in [0.15, 0.2) is 48.5 Å². The van der Waals surface area contributed by atoms with Gasteiger partial charge in [0.25, 0.3) is 5.91 Å². The van der Waals surface area contributed by atoms with Crippen molar-refractivity contribution in [3.8, 4) is 5.75 Å². The topological polar surface area (TPSA) is 58.6 Å². The highest BCUT2D eigenvalue weighted by molar-refractivity contribution is 6.30. The second-order valence-electron chi connectivity index (χ2n) is 7.02. The highest BCUT2D eigenvalue weighted by Gasteiger charge is 2.30. The van der Waals surface area contributed by atoms with Gasteiger partial charge in [0.05, 0.1) is 5.92 Å². The van der Waals surface area contributed by atoms with Gasteiger partial charge >= 0.3 is 6.18 Å². The lowest BCUT2D eigenvalue weighted by molar-refractivity contribution is -0.153. The second-order valence-corrected chi connectivity index (χ2v) is 7.45. The van der Waals surface area contributed by atoms with Gasteiger partial charge in [-0.3, -0.25) is 9.59 Å². The SMILES string of the molecule is O=C(Nc1cccc(OCC(F)(F)F)c1)C1CCCN(C(=O)c2ccc(Cl)cc2)C1. The molecule has 0 bridgehead atoms. The number of benzene rings is 2. The van der Waals surface area contributed by atoms with E-state index in [0.29, 0.717) is 35.7 Å². The van der Waals surface area contributed by atoms with E-state index in [0.717, 1.165) is 0 Å². The summed E-state index contributed by atoms with van der Waals surface area (Å²) in [7, 11) is 0. The summed E-state index contributed by atoms with van der Waals surface area (Å²) in [5.74, 6) is -0.883. The Hall–Kier alpha value is -2.74. The lowest BCUT2D eigenvalue weighted by Crippen LogP contribution is -2.43. The first-order chi connectivity index (χ1) is 14.2. The molecule has 0 radical (unpaired) electrons. The van der Waals surface area contributed by atoms with Crippen molar-refractivity contribution in [2.75, 3.05) is 25.0 Å². The Morgan fingerprint density at radius 2 is 1.90 bits per heavy atom. The van der Waals surface area contributed by atoms with Crippen LogP contribution in [0.5, 0.6) is 5.75 Å². The van der Waals surface area contributed by atoms with E-state index in [9.17, 15) is 22.8 Å². The number of carbonyl (C=O) groups excluding carboxylic acids is 2. The molecular weight excluding hydrogens is 421 g/mol. The van der Waals surface area contributed by atoms with Crippen molar-refractivity contribution in [3.05, 3.63) is 59.1 Å². The van der Waals surface area contributed by atoms with E-state index < -0.39 is 18.7 Å². The zero-order chi connectivity index (χ0) is 21.7. The maximum Gasteiger partial charge on any atom is 0.422 e. The van der Waals surface area contributed by atoms with E-state index in [-0.39, 0.29) is 24.1 Å². The van der Waals surface area contributed by atoms with Crippen molar-refractivity contribution in [1.29, 1.82) is 0 Å². The van der Waals surface area contributed by atoms with Crippen molar-refractivity contribution >= 4 is 29.1 Å². The summed E-state index contributed by atoms with van der Waals surface area (Å²) in [5.41, 5.74) is 0.829. The third kappa shape index (κ3) is 6.13. The largest absolute Gasteiger partial charge is 0.484 e. The standard InChI is InChI=1S/C21H20ClF3N2O3/c22-16-8-6-14(7-9-16)20(29)27-10-2-3-15(12-27)19(28)26-17-4-1-5-18(11-17)30-13-21(23,24)25/h1,4-9,11,15H,2-3,10,12-13H2,(H,26,28). The number of piperidine rings is 1. The third-order valence-electron chi connectivity index (χ3n) is 4.67. The van der Waals surface area contributed by atoms with Gasteiger partial charge in [-0.25, -0.2) is 0 Å². The number of rotatable bonds is 5. The van der Waals surface area contributed by atoms with Crippen molar-refractivity contribution < 1.29 is 27.5 Å².